The van der Waals surface area contributed by atoms with Gasteiger partial charge in [-0.3, -0.25) is 0 Å². The van der Waals surface area contributed by atoms with Crippen molar-refractivity contribution in [3.05, 3.63) is 29.8 Å². The summed E-state index contributed by atoms with van der Waals surface area (Å²) in [5.74, 6) is 0.964. The number of nitrogens with two attached hydrogens (primary N) is 1. The summed E-state index contributed by atoms with van der Waals surface area (Å²) in [7, 11) is 1.70. The topological polar surface area (TPSA) is 35.2 Å². The SMILES string of the molecule is COc1ccccc1CCCN. The molecule has 0 amide bonds. The Hall–Kier alpha value is -1.02. The van der Waals surface area contributed by atoms with Gasteiger partial charge >= 0.3 is 0 Å². The van der Waals surface area contributed by atoms with Crippen molar-refractivity contribution in [3.8, 4) is 5.75 Å². The van der Waals surface area contributed by atoms with E-state index in [1.54, 1.807) is 7.11 Å². The Morgan fingerprint density at radius 2 is 2.08 bits per heavy atom. The molecule has 0 bridgehead atoms. The number of methoxy groups -OCH3 is 1. The number of para-hydroxylation sites is 1. The van der Waals surface area contributed by atoms with Crippen molar-refractivity contribution in [1.29, 1.82) is 0 Å². The Labute approximate surface area is 73.3 Å². The van der Waals surface area contributed by atoms with Crippen molar-refractivity contribution >= 4 is 0 Å². The van der Waals surface area contributed by atoms with Crippen LogP contribution >= 0.6 is 0 Å². The van der Waals surface area contributed by atoms with Crippen LogP contribution in [-0.4, -0.2) is 13.7 Å². The second kappa shape index (κ2) is 4.78. The molecule has 0 aliphatic rings. The number of hydrogen-bond donors (Lipinski definition) is 1. The third kappa shape index (κ3) is 2.24. The highest BCUT2D eigenvalue weighted by molar-refractivity contribution is 5.33. The molecule has 0 fully saturated rings. The maximum atomic E-state index is 5.43. The molecule has 2 heteroatoms. The average Bonchev–Trinajstić information content (AvgIpc) is 2.15. The van der Waals surface area contributed by atoms with E-state index in [0.29, 0.717) is 0 Å². The third-order valence-electron chi connectivity index (χ3n) is 1.84. The predicted octanol–water partition coefficient (Wildman–Crippen LogP) is 1.59. The molecule has 0 atom stereocenters. The smallest absolute Gasteiger partial charge is 0.122 e. The quantitative estimate of drug-likeness (QED) is 0.735. The van der Waals surface area contributed by atoms with E-state index in [9.17, 15) is 0 Å². The van der Waals surface area contributed by atoms with Gasteiger partial charge in [-0.15, -0.1) is 0 Å². The summed E-state index contributed by atoms with van der Waals surface area (Å²) in [6.07, 6.45) is 2.01. The van der Waals surface area contributed by atoms with E-state index in [1.165, 1.54) is 5.56 Å². The van der Waals surface area contributed by atoms with Gasteiger partial charge in [0.25, 0.3) is 0 Å². The lowest BCUT2D eigenvalue weighted by Crippen LogP contribution is -2.01. The van der Waals surface area contributed by atoms with Gasteiger partial charge in [-0.25, -0.2) is 0 Å². The van der Waals surface area contributed by atoms with Gasteiger partial charge in [0.05, 0.1) is 7.11 Å². The summed E-state index contributed by atoms with van der Waals surface area (Å²) >= 11 is 0. The maximum absolute atomic E-state index is 5.43. The molecule has 0 aliphatic heterocycles. The van der Waals surface area contributed by atoms with Crippen molar-refractivity contribution in [2.75, 3.05) is 13.7 Å². The lowest BCUT2D eigenvalue weighted by atomic mass is 10.1. The van der Waals surface area contributed by atoms with Crippen LogP contribution in [0.4, 0.5) is 0 Å². The van der Waals surface area contributed by atoms with Gasteiger partial charge in [-0.2, -0.15) is 0 Å². The van der Waals surface area contributed by atoms with E-state index in [-0.39, 0.29) is 0 Å². The normalized spacial score (nSPS) is 9.83. The molecule has 0 saturated carbocycles. The van der Waals surface area contributed by atoms with Gasteiger partial charge in [0.1, 0.15) is 5.75 Å². The molecule has 12 heavy (non-hydrogen) atoms. The zero-order valence-corrected chi connectivity index (χ0v) is 7.42. The molecule has 1 aromatic rings. The van der Waals surface area contributed by atoms with E-state index in [2.05, 4.69) is 6.07 Å². The van der Waals surface area contributed by atoms with Crippen molar-refractivity contribution in [3.63, 3.8) is 0 Å². The monoisotopic (exact) mass is 165 g/mol. The van der Waals surface area contributed by atoms with Crippen LogP contribution in [0.3, 0.4) is 0 Å². The van der Waals surface area contributed by atoms with E-state index in [0.717, 1.165) is 25.1 Å². The van der Waals surface area contributed by atoms with Crippen LogP contribution in [0.15, 0.2) is 24.3 Å². The Bertz CT molecular complexity index is 235. The van der Waals surface area contributed by atoms with Crippen LogP contribution in [0.1, 0.15) is 12.0 Å². The van der Waals surface area contributed by atoms with Gasteiger partial charge in [-0.05, 0) is 31.0 Å². The fourth-order valence-electron chi connectivity index (χ4n) is 1.20. The average molecular weight is 165 g/mol. The highest BCUT2D eigenvalue weighted by atomic mass is 16.5. The molecule has 0 unspecified atom stereocenters. The summed E-state index contributed by atoms with van der Waals surface area (Å²) < 4.78 is 5.20. The van der Waals surface area contributed by atoms with Crippen LogP contribution < -0.4 is 10.5 Å². The summed E-state index contributed by atoms with van der Waals surface area (Å²) in [6, 6.07) is 8.06. The fourth-order valence-corrected chi connectivity index (χ4v) is 1.20. The van der Waals surface area contributed by atoms with E-state index in [1.807, 2.05) is 18.2 Å². The lowest BCUT2D eigenvalue weighted by molar-refractivity contribution is 0.409. The zero-order chi connectivity index (χ0) is 8.81. The van der Waals surface area contributed by atoms with Crippen molar-refractivity contribution in [2.24, 2.45) is 5.73 Å². The first-order chi connectivity index (χ1) is 5.88. The van der Waals surface area contributed by atoms with Gasteiger partial charge in [0.2, 0.25) is 0 Å². The summed E-state index contributed by atoms with van der Waals surface area (Å²) in [4.78, 5) is 0. The molecule has 0 saturated heterocycles. The fraction of sp³-hybridized carbons (Fsp3) is 0.400. The first kappa shape index (κ1) is 9.07. The molecule has 1 rings (SSSR count). The second-order valence-corrected chi connectivity index (χ2v) is 2.70. The van der Waals surface area contributed by atoms with Gasteiger partial charge in [-0.1, -0.05) is 18.2 Å². The number of hydrogen-bond acceptors (Lipinski definition) is 2. The second-order valence-electron chi connectivity index (χ2n) is 2.70. The Balaban J connectivity index is 2.68. The van der Waals surface area contributed by atoms with Crippen molar-refractivity contribution < 1.29 is 4.74 Å². The number of aryl methyl sites for hydroxylation is 1. The third-order valence-corrected chi connectivity index (χ3v) is 1.84. The van der Waals surface area contributed by atoms with Gasteiger partial charge < -0.3 is 10.5 Å². The van der Waals surface area contributed by atoms with E-state index >= 15 is 0 Å². The molecule has 66 valence electrons. The van der Waals surface area contributed by atoms with Gasteiger partial charge in [0.15, 0.2) is 0 Å². The Morgan fingerprint density at radius 1 is 1.33 bits per heavy atom. The molecule has 0 aromatic heterocycles. The Morgan fingerprint density at radius 3 is 2.75 bits per heavy atom. The summed E-state index contributed by atoms with van der Waals surface area (Å²) in [6.45, 7) is 0.734. The van der Waals surface area contributed by atoms with E-state index < -0.39 is 0 Å². The molecule has 0 heterocycles. The molecule has 0 radical (unpaired) electrons. The number of rotatable bonds is 4. The standard InChI is InChI=1S/C10H15NO/c1-12-10-7-3-2-5-9(10)6-4-8-11/h2-3,5,7H,4,6,8,11H2,1H3. The van der Waals surface area contributed by atoms with Crippen molar-refractivity contribution in [2.45, 2.75) is 12.8 Å². The molecule has 0 spiro atoms. The summed E-state index contributed by atoms with van der Waals surface area (Å²) in [5.41, 5.74) is 6.67. The molecule has 0 aliphatic carbocycles. The molecule has 1 aromatic carbocycles. The zero-order valence-electron chi connectivity index (χ0n) is 7.42. The molecule has 2 N–H and O–H groups in total. The Kier molecular flexibility index (Phi) is 3.61. The van der Waals surface area contributed by atoms with Crippen LogP contribution in [0.5, 0.6) is 5.75 Å². The maximum Gasteiger partial charge on any atom is 0.122 e. The number of ether oxygens (including phenoxy) is 1. The first-order valence-corrected chi connectivity index (χ1v) is 4.20. The molecular formula is C10H15NO. The number of benzene rings is 1. The summed E-state index contributed by atoms with van der Waals surface area (Å²) in [5, 5.41) is 0. The highest BCUT2D eigenvalue weighted by Crippen LogP contribution is 2.18. The predicted molar refractivity (Wildman–Crippen MR) is 50.4 cm³/mol. The van der Waals surface area contributed by atoms with Crippen LogP contribution in [0.25, 0.3) is 0 Å². The minimum Gasteiger partial charge on any atom is -0.496 e. The van der Waals surface area contributed by atoms with Crippen LogP contribution in [0, 0.1) is 0 Å². The van der Waals surface area contributed by atoms with Gasteiger partial charge in [0, 0.05) is 0 Å². The van der Waals surface area contributed by atoms with Crippen LogP contribution in [-0.2, 0) is 6.42 Å². The van der Waals surface area contributed by atoms with Crippen LogP contribution in [0.2, 0.25) is 0 Å². The first-order valence-electron chi connectivity index (χ1n) is 4.20. The van der Waals surface area contributed by atoms with Crippen molar-refractivity contribution in [1.82, 2.24) is 0 Å². The van der Waals surface area contributed by atoms with E-state index in [4.69, 9.17) is 10.5 Å². The largest absolute Gasteiger partial charge is 0.496 e. The lowest BCUT2D eigenvalue weighted by Gasteiger charge is -2.06. The minimum atomic E-state index is 0.734. The highest BCUT2D eigenvalue weighted by Gasteiger charge is 1.99. The molecular weight excluding hydrogens is 150 g/mol. The minimum absolute atomic E-state index is 0.734. The molecule has 2 nitrogen and oxygen atoms in total.